The minimum Gasteiger partial charge on any atom is -0.468 e. The quantitative estimate of drug-likeness (QED) is 0.309. The number of anilines is 1. The van der Waals surface area contributed by atoms with Crippen LogP contribution in [0.15, 0.2) is 22.5 Å². The zero-order chi connectivity index (χ0) is 23.3. The van der Waals surface area contributed by atoms with Crippen LogP contribution >= 0.6 is 46.3 Å². The highest BCUT2D eigenvalue weighted by Crippen LogP contribution is 2.28. The molecule has 0 spiro atoms. The normalized spacial score (nSPS) is 17.2. The summed E-state index contributed by atoms with van der Waals surface area (Å²) in [4.78, 5) is 23.9. The molecule has 1 aliphatic rings. The van der Waals surface area contributed by atoms with Gasteiger partial charge < -0.3 is 10.1 Å². The van der Waals surface area contributed by atoms with Crippen molar-refractivity contribution in [1.29, 1.82) is 0 Å². The molecule has 0 aliphatic carbocycles. The third-order valence-electron chi connectivity index (χ3n) is 4.68. The maximum atomic E-state index is 12.9. The SMILES string of the molecule is COC(=O)CSc1nnc(NC(=O)[C@@H]2CCCN(S(=O)(=O)Cc3ccc(Cl)cc3Cl)C2)s1. The minimum absolute atomic E-state index is 0.0716. The molecule has 0 saturated carbocycles. The maximum Gasteiger partial charge on any atom is 0.316 e. The number of sulfonamides is 1. The lowest BCUT2D eigenvalue weighted by molar-refractivity contribution is -0.137. The number of rotatable bonds is 8. The number of hydrogen-bond donors (Lipinski definition) is 1. The Labute approximate surface area is 203 Å². The third kappa shape index (κ3) is 6.78. The molecule has 174 valence electrons. The molecular weight excluding hydrogens is 519 g/mol. The molecule has 1 aliphatic heterocycles. The Kier molecular flexibility index (Phi) is 8.75. The molecule has 1 aromatic heterocycles. The summed E-state index contributed by atoms with van der Waals surface area (Å²) in [7, 11) is -2.37. The highest BCUT2D eigenvalue weighted by Gasteiger charge is 2.33. The fraction of sp³-hybridized carbons (Fsp3) is 0.444. The first kappa shape index (κ1) is 25.2. The number of piperidine rings is 1. The summed E-state index contributed by atoms with van der Waals surface area (Å²) in [6, 6.07) is 4.67. The summed E-state index contributed by atoms with van der Waals surface area (Å²) in [6.45, 7) is 0.409. The fourth-order valence-corrected chi connectivity index (χ4v) is 6.82. The van der Waals surface area contributed by atoms with Gasteiger partial charge in [0.1, 0.15) is 0 Å². The predicted molar refractivity (Wildman–Crippen MR) is 125 cm³/mol. The summed E-state index contributed by atoms with van der Waals surface area (Å²) in [5.41, 5.74) is 0.452. The molecule has 0 bridgehead atoms. The van der Waals surface area contributed by atoms with Crippen LogP contribution in [0.5, 0.6) is 0 Å². The van der Waals surface area contributed by atoms with Gasteiger partial charge in [-0.3, -0.25) is 9.59 Å². The van der Waals surface area contributed by atoms with Gasteiger partial charge in [0.05, 0.1) is 24.5 Å². The van der Waals surface area contributed by atoms with Crippen LogP contribution in [0.2, 0.25) is 10.0 Å². The van der Waals surface area contributed by atoms with Crippen molar-refractivity contribution in [2.24, 2.45) is 5.92 Å². The number of nitrogens with zero attached hydrogens (tertiary/aromatic N) is 3. The van der Waals surface area contributed by atoms with Crippen LogP contribution in [0.4, 0.5) is 5.13 Å². The van der Waals surface area contributed by atoms with Gasteiger partial charge in [0.15, 0.2) is 4.34 Å². The Morgan fingerprint density at radius 2 is 2.12 bits per heavy atom. The van der Waals surface area contributed by atoms with Crippen LogP contribution in [0, 0.1) is 5.92 Å². The van der Waals surface area contributed by atoms with E-state index in [-0.39, 0.29) is 40.1 Å². The number of benzene rings is 1. The van der Waals surface area contributed by atoms with Crippen LogP contribution < -0.4 is 5.32 Å². The number of amides is 1. The van der Waals surface area contributed by atoms with Crippen molar-refractivity contribution in [3.05, 3.63) is 33.8 Å². The number of methoxy groups -OCH3 is 1. The van der Waals surface area contributed by atoms with Crippen molar-refractivity contribution < 1.29 is 22.7 Å². The standard InChI is InChI=1S/C18H20Cl2N4O5S3/c1-29-15(25)9-30-18-23-22-17(31-18)21-16(26)11-3-2-6-24(8-11)32(27,28)10-12-4-5-13(19)7-14(12)20/h4-5,7,11H,2-3,6,8-10H2,1H3,(H,21,22,26)/t11-/m1/s1. The molecule has 0 radical (unpaired) electrons. The summed E-state index contributed by atoms with van der Waals surface area (Å²) in [5, 5.41) is 11.5. The number of halogens is 2. The summed E-state index contributed by atoms with van der Waals surface area (Å²) in [5.74, 6) is -1.41. The molecule has 2 heterocycles. The van der Waals surface area contributed by atoms with E-state index in [1.165, 1.54) is 17.5 Å². The van der Waals surface area contributed by atoms with Crippen molar-refractivity contribution in [2.45, 2.75) is 22.9 Å². The average molecular weight is 539 g/mol. The fourth-order valence-electron chi connectivity index (χ4n) is 3.04. The molecular formula is C18H20Cl2N4O5S3. The van der Waals surface area contributed by atoms with Gasteiger partial charge >= 0.3 is 5.97 Å². The number of aromatic nitrogens is 2. The van der Waals surface area contributed by atoms with Gasteiger partial charge in [-0.1, -0.05) is 52.4 Å². The molecule has 0 unspecified atom stereocenters. The second-order valence-electron chi connectivity index (χ2n) is 6.92. The van der Waals surface area contributed by atoms with E-state index in [9.17, 15) is 18.0 Å². The van der Waals surface area contributed by atoms with E-state index in [2.05, 4.69) is 20.3 Å². The van der Waals surface area contributed by atoms with Crippen molar-refractivity contribution in [3.8, 4) is 0 Å². The number of hydrogen-bond acceptors (Lipinski definition) is 9. The van der Waals surface area contributed by atoms with Crippen LogP contribution in [-0.2, 0) is 30.1 Å². The average Bonchev–Trinajstić information content (AvgIpc) is 3.21. The topological polar surface area (TPSA) is 119 Å². The van der Waals surface area contributed by atoms with Crippen LogP contribution in [0.3, 0.4) is 0 Å². The van der Waals surface area contributed by atoms with Crippen LogP contribution in [0.25, 0.3) is 0 Å². The largest absolute Gasteiger partial charge is 0.468 e. The first-order chi connectivity index (χ1) is 15.2. The minimum atomic E-state index is -3.67. The molecule has 32 heavy (non-hydrogen) atoms. The van der Waals surface area contributed by atoms with Gasteiger partial charge in [-0.2, -0.15) is 0 Å². The van der Waals surface area contributed by atoms with Crippen molar-refractivity contribution >= 4 is 73.3 Å². The van der Waals surface area contributed by atoms with Crippen LogP contribution in [-0.4, -0.2) is 60.7 Å². The van der Waals surface area contributed by atoms with Crippen molar-refractivity contribution in [2.75, 3.05) is 31.3 Å². The lowest BCUT2D eigenvalue weighted by atomic mass is 9.99. The van der Waals surface area contributed by atoms with Gasteiger partial charge in [-0.05, 0) is 30.5 Å². The second-order valence-corrected chi connectivity index (χ2v) is 11.9. The van der Waals surface area contributed by atoms with E-state index in [0.717, 1.165) is 23.1 Å². The van der Waals surface area contributed by atoms with Gasteiger partial charge in [0.2, 0.25) is 21.1 Å². The molecule has 1 N–H and O–H groups in total. The summed E-state index contributed by atoms with van der Waals surface area (Å²) in [6.07, 6.45) is 1.12. The first-order valence-electron chi connectivity index (χ1n) is 9.43. The van der Waals surface area contributed by atoms with E-state index < -0.39 is 15.9 Å². The predicted octanol–water partition coefficient (Wildman–Crippen LogP) is 3.29. The van der Waals surface area contributed by atoms with Crippen molar-refractivity contribution in [3.63, 3.8) is 0 Å². The number of carbonyl (C=O) groups is 2. The number of nitrogens with one attached hydrogen (secondary N) is 1. The second kappa shape index (κ2) is 11.1. The number of esters is 1. The van der Waals surface area contributed by atoms with E-state index in [4.69, 9.17) is 23.2 Å². The Bertz CT molecular complexity index is 1100. The van der Waals surface area contributed by atoms with E-state index in [1.807, 2.05) is 0 Å². The van der Waals surface area contributed by atoms with E-state index in [0.29, 0.717) is 34.3 Å². The lowest BCUT2D eigenvalue weighted by Crippen LogP contribution is -2.44. The summed E-state index contributed by atoms with van der Waals surface area (Å²) >= 11 is 14.3. The Hall–Kier alpha value is -1.44. The van der Waals surface area contributed by atoms with E-state index >= 15 is 0 Å². The number of carbonyl (C=O) groups excluding carboxylic acids is 2. The van der Waals surface area contributed by atoms with Crippen LogP contribution in [0.1, 0.15) is 18.4 Å². The Balaban J connectivity index is 1.59. The molecule has 3 rings (SSSR count). The molecule has 1 amide bonds. The molecule has 1 atom stereocenters. The molecule has 1 aromatic carbocycles. The zero-order valence-electron chi connectivity index (χ0n) is 16.9. The maximum absolute atomic E-state index is 12.9. The van der Waals surface area contributed by atoms with E-state index in [1.54, 1.807) is 12.1 Å². The third-order valence-corrected chi connectivity index (χ3v) is 9.01. The Morgan fingerprint density at radius 1 is 1.34 bits per heavy atom. The van der Waals surface area contributed by atoms with Crippen molar-refractivity contribution in [1.82, 2.24) is 14.5 Å². The number of thioether (sulfide) groups is 1. The molecule has 9 nitrogen and oxygen atoms in total. The van der Waals surface area contributed by atoms with Gasteiger partial charge in [-0.25, -0.2) is 12.7 Å². The highest BCUT2D eigenvalue weighted by molar-refractivity contribution is 8.01. The van der Waals surface area contributed by atoms with Gasteiger partial charge in [-0.15, -0.1) is 10.2 Å². The lowest BCUT2D eigenvalue weighted by Gasteiger charge is -2.31. The highest BCUT2D eigenvalue weighted by atomic mass is 35.5. The number of ether oxygens (including phenoxy) is 1. The van der Waals surface area contributed by atoms with Gasteiger partial charge in [0.25, 0.3) is 0 Å². The molecule has 1 saturated heterocycles. The summed E-state index contributed by atoms with van der Waals surface area (Å²) < 4.78 is 32.2. The molecule has 1 fully saturated rings. The smallest absolute Gasteiger partial charge is 0.316 e. The monoisotopic (exact) mass is 538 g/mol. The molecule has 2 aromatic rings. The zero-order valence-corrected chi connectivity index (χ0v) is 20.9. The first-order valence-corrected chi connectivity index (χ1v) is 13.6. The molecule has 14 heteroatoms. The van der Waals surface area contributed by atoms with Gasteiger partial charge in [0, 0.05) is 23.1 Å². The Morgan fingerprint density at radius 3 is 2.84 bits per heavy atom.